The molecule has 7 nitrogen and oxygen atoms in total. The molecule has 1 aromatic heterocycles. The van der Waals surface area contributed by atoms with Crippen LogP contribution in [0.1, 0.15) is 33.2 Å². The topological polar surface area (TPSA) is 75.0 Å². The normalized spacial score (nSPS) is 18.4. The highest BCUT2D eigenvalue weighted by atomic mass is 19.2. The van der Waals surface area contributed by atoms with Crippen LogP contribution in [0.2, 0.25) is 0 Å². The Balaban J connectivity index is 1.85. The molecule has 2 bridgehead atoms. The van der Waals surface area contributed by atoms with Crippen molar-refractivity contribution in [3.8, 4) is 11.5 Å². The molecular formula is C25H21F2N3O4. The Morgan fingerprint density at radius 2 is 1.82 bits per heavy atom. The molecule has 1 atom stereocenters. The first-order valence-electron chi connectivity index (χ1n) is 10.7. The summed E-state index contributed by atoms with van der Waals surface area (Å²) in [6.07, 6.45) is 4.66. The van der Waals surface area contributed by atoms with E-state index in [1.807, 2.05) is 31.2 Å². The summed E-state index contributed by atoms with van der Waals surface area (Å²) in [6.45, 7) is 2.07. The van der Waals surface area contributed by atoms with Gasteiger partial charge < -0.3 is 14.7 Å². The van der Waals surface area contributed by atoms with Crippen LogP contribution in [0.5, 0.6) is 11.5 Å². The van der Waals surface area contributed by atoms with Crippen molar-refractivity contribution in [1.29, 1.82) is 0 Å². The van der Waals surface area contributed by atoms with Gasteiger partial charge in [0.25, 0.3) is 5.91 Å². The molecule has 34 heavy (non-hydrogen) atoms. The molecule has 1 N–H and O–H groups in total. The number of hydrogen-bond donors (Lipinski definition) is 1. The molecule has 0 unspecified atom stereocenters. The molecule has 2 aliphatic rings. The fraction of sp³-hybridized carbons (Fsp3) is 0.200. The van der Waals surface area contributed by atoms with Crippen molar-refractivity contribution in [3.63, 3.8) is 0 Å². The lowest BCUT2D eigenvalue weighted by Gasteiger charge is -2.44. The van der Waals surface area contributed by atoms with Gasteiger partial charge in [-0.1, -0.05) is 30.3 Å². The predicted octanol–water partition coefficient (Wildman–Crippen LogP) is 3.23. The van der Waals surface area contributed by atoms with Crippen LogP contribution in [-0.4, -0.2) is 40.4 Å². The van der Waals surface area contributed by atoms with Crippen molar-refractivity contribution >= 4 is 5.91 Å². The van der Waals surface area contributed by atoms with E-state index in [1.54, 1.807) is 17.2 Å². The van der Waals surface area contributed by atoms with E-state index in [2.05, 4.69) is 0 Å². The average Bonchev–Trinajstić information content (AvgIpc) is 2.85. The van der Waals surface area contributed by atoms with Gasteiger partial charge in [0, 0.05) is 24.4 Å². The van der Waals surface area contributed by atoms with Gasteiger partial charge in [-0.2, -0.15) is 4.39 Å². The van der Waals surface area contributed by atoms with Crippen LogP contribution >= 0.6 is 0 Å². The van der Waals surface area contributed by atoms with Crippen molar-refractivity contribution < 1.29 is 23.4 Å². The van der Waals surface area contributed by atoms with Crippen molar-refractivity contribution in [1.82, 2.24) is 9.58 Å². The van der Waals surface area contributed by atoms with Gasteiger partial charge in [0.2, 0.25) is 11.2 Å². The van der Waals surface area contributed by atoms with Gasteiger partial charge in [-0.05, 0) is 36.3 Å². The number of hydrogen-bond acceptors (Lipinski definition) is 5. The van der Waals surface area contributed by atoms with Crippen LogP contribution < -0.4 is 15.2 Å². The largest absolute Gasteiger partial charge is 0.502 e. The Morgan fingerprint density at radius 3 is 2.62 bits per heavy atom. The van der Waals surface area contributed by atoms with E-state index in [1.165, 1.54) is 21.8 Å². The van der Waals surface area contributed by atoms with Gasteiger partial charge in [0.1, 0.15) is 19.3 Å². The van der Waals surface area contributed by atoms with Gasteiger partial charge in [-0.25, -0.2) is 4.39 Å². The number of aryl methyl sites for hydroxylation is 1. The SMILES string of the molecule is Cc1ccccc1[C@H]1c2ccc(F)c(F)c2OC/C=C\CN2CN1n1ccc(=O)c(O)c1C2=O. The number of ether oxygens (including phenoxy) is 1. The molecule has 174 valence electrons. The molecule has 0 radical (unpaired) electrons. The van der Waals surface area contributed by atoms with E-state index in [9.17, 15) is 19.1 Å². The summed E-state index contributed by atoms with van der Waals surface area (Å²) in [5.41, 5.74) is 1.07. The fourth-order valence-corrected chi connectivity index (χ4v) is 4.43. The molecule has 0 spiro atoms. The number of aromatic hydroxyl groups is 1. The Kier molecular flexibility index (Phi) is 5.31. The van der Waals surface area contributed by atoms with Crippen LogP contribution in [0, 0.1) is 18.6 Å². The Labute approximate surface area is 193 Å². The second kappa shape index (κ2) is 8.33. The lowest BCUT2D eigenvalue weighted by atomic mass is 9.93. The van der Waals surface area contributed by atoms with E-state index in [0.717, 1.165) is 23.3 Å². The van der Waals surface area contributed by atoms with E-state index < -0.39 is 34.8 Å². The van der Waals surface area contributed by atoms with Crippen LogP contribution in [0.4, 0.5) is 8.78 Å². The molecule has 1 amide bonds. The highest BCUT2D eigenvalue weighted by Gasteiger charge is 2.38. The zero-order chi connectivity index (χ0) is 24.0. The molecule has 2 aliphatic heterocycles. The minimum Gasteiger partial charge on any atom is -0.502 e. The van der Waals surface area contributed by atoms with E-state index in [-0.39, 0.29) is 31.3 Å². The summed E-state index contributed by atoms with van der Waals surface area (Å²) in [6, 6.07) is 10.3. The minimum absolute atomic E-state index is 0.0358. The Bertz CT molecular complexity index is 1390. The molecule has 3 heterocycles. The number of aromatic nitrogens is 1. The molecule has 0 aliphatic carbocycles. The number of fused-ring (bicyclic) bond motifs is 5. The summed E-state index contributed by atoms with van der Waals surface area (Å²) in [4.78, 5) is 26.9. The molecule has 0 saturated carbocycles. The zero-order valence-electron chi connectivity index (χ0n) is 18.2. The van der Waals surface area contributed by atoms with Crippen LogP contribution in [0.25, 0.3) is 0 Å². The second-order valence-electron chi connectivity index (χ2n) is 8.15. The third kappa shape index (κ3) is 3.40. The van der Waals surface area contributed by atoms with Crippen molar-refractivity contribution in [3.05, 3.63) is 105 Å². The molecule has 0 saturated heterocycles. The molecule has 3 aromatic rings. The summed E-state index contributed by atoms with van der Waals surface area (Å²) in [5.74, 6) is -3.60. The van der Waals surface area contributed by atoms with Crippen LogP contribution in [-0.2, 0) is 0 Å². The van der Waals surface area contributed by atoms with Gasteiger partial charge >= 0.3 is 0 Å². The number of benzene rings is 2. The molecule has 2 aromatic carbocycles. The van der Waals surface area contributed by atoms with Crippen molar-refractivity contribution in [2.45, 2.75) is 13.0 Å². The number of carbonyl (C=O) groups is 1. The maximum absolute atomic E-state index is 15.0. The summed E-state index contributed by atoms with van der Waals surface area (Å²) >= 11 is 0. The molecule has 5 rings (SSSR count). The van der Waals surface area contributed by atoms with E-state index in [0.29, 0.717) is 5.56 Å². The maximum Gasteiger partial charge on any atom is 0.278 e. The monoisotopic (exact) mass is 465 g/mol. The number of carbonyl (C=O) groups excluding carboxylic acids is 1. The molecule has 0 fully saturated rings. The Hall–Kier alpha value is -4.14. The zero-order valence-corrected chi connectivity index (χ0v) is 18.2. The lowest BCUT2D eigenvalue weighted by molar-refractivity contribution is 0.0701. The third-order valence-electron chi connectivity index (χ3n) is 6.11. The smallest absolute Gasteiger partial charge is 0.278 e. The number of nitrogens with zero attached hydrogens (tertiary/aromatic N) is 3. The van der Waals surface area contributed by atoms with Gasteiger partial charge in [0.15, 0.2) is 23.0 Å². The minimum atomic E-state index is -1.11. The van der Waals surface area contributed by atoms with Gasteiger partial charge in [-0.3, -0.25) is 19.3 Å². The van der Waals surface area contributed by atoms with E-state index >= 15 is 4.39 Å². The molecule has 9 heteroatoms. The predicted molar refractivity (Wildman–Crippen MR) is 121 cm³/mol. The quantitative estimate of drug-likeness (QED) is 0.559. The summed E-state index contributed by atoms with van der Waals surface area (Å²) < 4.78 is 36.4. The first-order valence-corrected chi connectivity index (χ1v) is 10.7. The molecular weight excluding hydrogens is 444 g/mol. The Morgan fingerprint density at radius 1 is 1.03 bits per heavy atom. The number of halogens is 2. The highest BCUT2D eigenvalue weighted by molar-refractivity contribution is 5.96. The number of rotatable bonds is 1. The number of amides is 1. The van der Waals surface area contributed by atoms with Crippen molar-refractivity contribution in [2.75, 3.05) is 24.8 Å². The first kappa shape index (κ1) is 21.7. The summed E-state index contributed by atoms with van der Waals surface area (Å²) in [5, 5.41) is 12.3. The van der Waals surface area contributed by atoms with Crippen LogP contribution in [0.3, 0.4) is 0 Å². The first-order chi connectivity index (χ1) is 16.4. The standard InChI is InChI=1S/C25H21F2N3O4/c1-15-6-2-3-7-16(15)21-17-8-9-18(26)20(27)24(17)34-13-5-4-11-28-14-30(21)29-12-10-19(31)23(32)22(29)25(28)33/h2-10,12,21,32H,11,13-14H2,1H3/b5-4-/t21-/m0/s1. The maximum atomic E-state index is 15.0. The number of pyridine rings is 1. The van der Waals surface area contributed by atoms with Crippen molar-refractivity contribution in [2.24, 2.45) is 0 Å². The fourth-order valence-electron chi connectivity index (χ4n) is 4.43. The van der Waals surface area contributed by atoms with E-state index in [4.69, 9.17) is 4.74 Å². The second-order valence-corrected chi connectivity index (χ2v) is 8.15. The van der Waals surface area contributed by atoms with Crippen LogP contribution in [0.15, 0.2) is 65.6 Å². The third-order valence-corrected chi connectivity index (χ3v) is 6.11. The van der Waals surface area contributed by atoms with Gasteiger partial charge in [-0.15, -0.1) is 0 Å². The lowest BCUT2D eigenvalue weighted by Crippen LogP contribution is -2.55. The average molecular weight is 465 g/mol. The summed E-state index contributed by atoms with van der Waals surface area (Å²) in [7, 11) is 0. The highest BCUT2D eigenvalue weighted by Crippen LogP contribution is 2.39. The van der Waals surface area contributed by atoms with Gasteiger partial charge in [0.05, 0.1) is 0 Å².